The van der Waals surface area contributed by atoms with E-state index in [1.807, 2.05) is 54.7 Å². The lowest BCUT2D eigenvalue weighted by molar-refractivity contribution is 0.291. The molecule has 124 valence electrons. The first-order valence-corrected chi connectivity index (χ1v) is 8.42. The molecule has 3 rings (SSSR count). The number of hydrogen-bond acceptors (Lipinski definition) is 4. The Morgan fingerprint density at radius 1 is 1.21 bits per heavy atom. The van der Waals surface area contributed by atoms with E-state index in [4.69, 9.17) is 22.2 Å². The summed E-state index contributed by atoms with van der Waals surface area (Å²) in [7, 11) is 1.79. The van der Waals surface area contributed by atoms with E-state index in [9.17, 15) is 0 Å². The Hall–Kier alpha value is -2.02. The van der Waals surface area contributed by atoms with Gasteiger partial charge in [0.25, 0.3) is 0 Å². The summed E-state index contributed by atoms with van der Waals surface area (Å²) in [5.41, 5.74) is 2.77. The number of benzene rings is 2. The first-order valence-electron chi connectivity index (χ1n) is 7.25. The minimum absolute atomic E-state index is 0.357. The molecule has 2 N–H and O–H groups in total. The average Bonchev–Trinajstić information content (AvgIpc) is 3.03. The van der Waals surface area contributed by atoms with Gasteiger partial charge in [0.2, 0.25) is 5.88 Å². The summed E-state index contributed by atoms with van der Waals surface area (Å²) in [6.07, 6.45) is 1.84. The Labute approximate surface area is 153 Å². The Morgan fingerprint density at radius 2 is 1.96 bits per heavy atom. The van der Waals surface area contributed by atoms with Crippen LogP contribution in [0.4, 0.5) is 5.69 Å². The third-order valence-electron chi connectivity index (χ3n) is 3.49. The van der Waals surface area contributed by atoms with Crippen molar-refractivity contribution in [3.63, 3.8) is 0 Å². The fourth-order valence-corrected chi connectivity index (χ4v) is 2.88. The van der Waals surface area contributed by atoms with Crippen LogP contribution in [-0.4, -0.2) is 16.8 Å². The van der Waals surface area contributed by atoms with Crippen molar-refractivity contribution < 1.29 is 4.74 Å². The zero-order chi connectivity index (χ0) is 17.1. The van der Waals surface area contributed by atoms with Gasteiger partial charge in [-0.15, -0.1) is 5.10 Å². The van der Waals surface area contributed by atoms with Gasteiger partial charge in [-0.25, -0.2) is 10.5 Å². The molecule has 0 unspecified atom stereocenters. The molecule has 0 spiro atoms. The van der Waals surface area contributed by atoms with E-state index in [1.54, 1.807) is 16.7 Å². The predicted molar refractivity (Wildman–Crippen MR) is 99.6 cm³/mol. The van der Waals surface area contributed by atoms with Crippen LogP contribution in [0.25, 0.3) is 5.69 Å². The molecule has 0 saturated carbocycles. The molecule has 1 aromatic heterocycles. The summed E-state index contributed by atoms with van der Waals surface area (Å²) >= 11 is 9.44. The van der Waals surface area contributed by atoms with Crippen molar-refractivity contribution in [1.29, 1.82) is 0 Å². The number of hydrazine groups is 1. The quantitative estimate of drug-likeness (QED) is 0.509. The van der Waals surface area contributed by atoms with Gasteiger partial charge in [-0.05, 0) is 36.4 Å². The molecule has 7 heteroatoms. The van der Waals surface area contributed by atoms with Gasteiger partial charge in [0.05, 0.1) is 11.4 Å². The normalized spacial score (nSPS) is 10.7. The minimum Gasteiger partial charge on any atom is -0.472 e. The molecule has 0 aliphatic heterocycles. The third kappa shape index (κ3) is 3.72. The molecular weight excluding hydrogens is 392 g/mol. The number of nitrogens with zero attached hydrogens (tertiary/aromatic N) is 3. The maximum absolute atomic E-state index is 5.90. The van der Waals surface area contributed by atoms with Crippen molar-refractivity contribution in [3.05, 3.63) is 69.8 Å². The van der Waals surface area contributed by atoms with Crippen LogP contribution in [0.5, 0.6) is 5.88 Å². The minimum atomic E-state index is 0.357. The number of nitrogens with two attached hydrogens (primary N) is 1. The van der Waals surface area contributed by atoms with Crippen LogP contribution in [0.3, 0.4) is 0 Å². The molecular formula is C17H16BrClN4O. The maximum Gasteiger partial charge on any atom is 0.233 e. The molecule has 0 radical (unpaired) electrons. The van der Waals surface area contributed by atoms with Gasteiger partial charge in [0.1, 0.15) is 6.61 Å². The number of ether oxygens (including phenoxy) is 1. The average molecular weight is 408 g/mol. The summed E-state index contributed by atoms with van der Waals surface area (Å²) in [6, 6.07) is 15.1. The van der Waals surface area contributed by atoms with Crippen LogP contribution in [-0.2, 0) is 6.61 Å². The SMILES string of the molecule is CN(N)c1cccc(Br)c1COc1ccn(-c2ccc(Cl)cc2)n1. The monoisotopic (exact) mass is 406 g/mol. The number of rotatable bonds is 5. The summed E-state index contributed by atoms with van der Waals surface area (Å²) in [4.78, 5) is 0. The molecule has 2 aromatic carbocycles. The summed E-state index contributed by atoms with van der Waals surface area (Å²) in [6.45, 7) is 0.357. The Bertz CT molecular complexity index is 833. The topological polar surface area (TPSA) is 56.3 Å². The van der Waals surface area contributed by atoms with Gasteiger partial charge >= 0.3 is 0 Å². The Kier molecular flexibility index (Phi) is 5.08. The van der Waals surface area contributed by atoms with Gasteiger partial charge in [-0.3, -0.25) is 0 Å². The lowest BCUT2D eigenvalue weighted by Crippen LogP contribution is -2.26. The molecule has 5 nitrogen and oxygen atoms in total. The van der Waals surface area contributed by atoms with E-state index in [0.29, 0.717) is 17.5 Å². The highest BCUT2D eigenvalue weighted by molar-refractivity contribution is 9.10. The lowest BCUT2D eigenvalue weighted by atomic mass is 10.2. The second-order valence-corrected chi connectivity index (χ2v) is 6.50. The van der Waals surface area contributed by atoms with Gasteiger partial charge in [0, 0.05) is 34.4 Å². The zero-order valence-electron chi connectivity index (χ0n) is 13.0. The molecule has 0 atom stereocenters. The fourth-order valence-electron chi connectivity index (χ4n) is 2.29. The van der Waals surface area contributed by atoms with Gasteiger partial charge in [-0.1, -0.05) is 33.6 Å². The number of halogens is 2. The zero-order valence-corrected chi connectivity index (χ0v) is 15.3. The van der Waals surface area contributed by atoms with Crippen molar-refractivity contribution in [2.45, 2.75) is 6.61 Å². The maximum atomic E-state index is 5.90. The van der Waals surface area contributed by atoms with E-state index in [-0.39, 0.29) is 0 Å². The number of hydrogen-bond donors (Lipinski definition) is 1. The standard InChI is InChI=1S/C17H16BrClN4O/c1-22(20)16-4-2-3-15(18)14(16)11-24-17-9-10-23(21-17)13-7-5-12(19)6-8-13/h2-10H,11,20H2,1H3. The van der Waals surface area contributed by atoms with Crippen molar-refractivity contribution >= 4 is 33.2 Å². The molecule has 3 aromatic rings. The van der Waals surface area contributed by atoms with Gasteiger partial charge in [0.15, 0.2) is 0 Å². The summed E-state index contributed by atoms with van der Waals surface area (Å²) in [5, 5.41) is 6.68. The van der Waals surface area contributed by atoms with Crippen LogP contribution in [0, 0.1) is 0 Å². The Morgan fingerprint density at radius 3 is 2.67 bits per heavy atom. The smallest absolute Gasteiger partial charge is 0.233 e. The van der Waals surface area contributed by atoms with Crippen molar-refractivity contribution in [2.75, 3.05) is 12.1 Å². The van der Waals surface area contributed by atoms with E-state index >= 15 is 0 Å². The van der Waals surface area contributed by atoms with Crippen molar-refractivity contribution in [2.24, 2.45) is 5.84 Å². The van der Waals surface area contributed by atoms with E-state index in [0.717, 1.165) is 21.4 Å². The summed E-state index contributed by atoms with van der Waals surface area (Å²) in [5.74, 6) is 6.40. The second-order valence-electron chi connectivity index (χ2n) is 5.21. The molecule has 0 aliphatic rings. The van der Waals surface area contributed by atoms with Crippen LogP contribution in [0.2, 0.25) is 5.02 Å². The molecule has 0 bridgehead atoms. The summed E-state index contributed by atoms with van der Waals surface area (Å²) < 4.78 is 8.50. The van der Waals surface area contributed by atoms with Gasteiger partial charge in [-0.2, -0.15) is 0 Å². The van der Waals surface area contributed by atoms with Crippen molar-refractivity contribution in [1.82, 2.24) is 9.78 Å². The van der Waals surface area contributed by atoms with E-state index in [2.05, 4.69) is 21.0 Å². The molecule has 1 heterocycles. The third-order valence-corrected chi connectivity index (χ3v) is 4.49. The first-order chi connectivity index (χ1) is 11.5. The van der Waals surface area contributed by atoms with Gasteiger partial charge < -0.3 is 9.75 Å². The molecule has 0 fully saturated rings. The van der Waals surface area contributed by atoms with Crippen LogP contribution in [0.1, 0.15) is 5.56 Å². The highest BCUT2D eigenvalue weighted by atomic mass is 79.9. The molecule has 0 amide bonds. The number of anilines is 1. The largest absolute Gasteiger partial charge is 0.472 e. The van der Waals surface area contributed by atoms with Crippen LogP contribution >= 0.6 is 27.5 Å². The predicted octanol–water partition coefficient (Wildman–Crippen LogP) is 4.18. The van der Waals surface area contributed by atoms with Crippen LogP contribution in [0.15, 0.2) is 59.2 Å². The van der Waals surface area contributed by atoms with E-state index in [1.165, 1.54) is 0 Å². The Balaban J connectivity index is 1.76. The number of aromatic nitrogens is 2. The highest BCUT2D eigenvalue weighted by Crippen LogP contribution is 2.27. The van der Waals surface area contributed by atoms with Crippen LogP contribution < -0.4 is 15.6 Å². The molecule has 0 aliphatic carbocycles. The first kappa shape index (κ1) is 16.8. The lowest BCUT2D eigenvalue weighted by Gasteiger charge is -2.18. The molecule has 24 heavy (non-hydrogen) atoms. The second kappa shape index (κ2) is 7.25. The van der Waals surface area contributed by atoms with Crippen molar-refractivity contribution in [3.8, 4) is 11.6 Å². The fraction of sp³-hybridized carbons (Fsp3) is 0.118. The van der Waals surface area contributed by atoms with E-state index < -0.39 is 0 Å². The highest BCUT2D eigenvalue weighted by Gasteiger charge is 2.11. The molecule has 0 saturated heterocycles.